The van der Waals surface area contributed by atoms with Crippen molar-refractivity contribution in [1.29, 1.82) is 0 Å². The van der Waals surface area contributed by atoms with Crippen LogP contribution in [0.25, 0.3) is 0 Å². The van der Waals surface area contributed by atoms with E-state index in [0.29, 0.717) is 21.8 Å². The van der Waals surface area contributed by atoms with E-state index >= 15 is 0 Å². The number of benzene rings is 4. The summed E-state index contributed by atoms with van der Waals surface area (Å²) < 4.78 is 5.74. The summed E-state index contributed by atoms with van der Waals surface area (Å²) in [6.45, 7) is 3.88. The van der Waals surface area contributed by atoms with E-state index in [1.165, 1.54) is 0 Å². The summed E-state index contributed by atoms with van der Waals surface area (Å²) in [6, 6.07) is 29.8. The van der Waals surface area contributed by atoms with Crippen molar-refractivity contribution in [1.82, 2.24) is 0 Å². The molecule has 0 saturated heterocycles. The number of esters is 1. The topological polar surface area (TPSA) is 55.4 Å². The molecule has 0 fully saturated rings. The van der Waals surface area contributed by atoms with Crippen LogP contribution in [0.3, 0.4) is 0 Å². The summed E-state index contributed by atoms with van der Waals surface area (Å²) in [5.74, 6) is -0.210. The van der Waals surface area contributed by atoms with E-state index in [1.54, 1.807) is 36.0 Å². The summed E-state index contributed by atoms with van der Waals surface area (Å²) >= 11 is 7.63. The zero-order valence-corrected chi connectivity index (χ0v) is 21.6. The fraction of sp³-hybridized carbons (Fsp3) is 0.133. The molecule has 0 aliphatic rings. The van der Waals surface area contributed by atoms with Crippen molar-refractivity contribution in [2.45, 2.75) is 30.6 Å². The maximum atomic E-state index is 13.2. The van der Waals surface area contributed by atoms with Crippen molar-refractivity contribution in [2.75, 3.05) is 5.32 Å². The fourth-order valence-corrected chi connectivity index (χ4v) is 4.56. The molecule has 0 saturated carbocycles. The molecule has 0 aliphatic carbocycles. The van der Waals surface area contributed by atoms with E-state index < -0.39 is 18.0 Å². The number of carbonyl (C=O) groups excluding carboxylic acids is 2. The summed E-state index contributed by atoms with van der Waals surface area (Å²) in [5.41, 5.74) is 4.70. The molecular weight excluding hydrogens is 490 g/mol. The van der Waals surface area contributed by atoms with Gasteiger partial charge in [0.15, 0.2) is 0 Å². The van der Waals surface area contributed by atoms with Gasteiger partial charge in [-0.1, -0.05) is 66.2 Å². The van der Waals surface area contributed by atoms with E-state index in [4.69, 9.17) is 16.3 Å². The molecule has 1 atom stereocenters. The van der Waals surface area contributed by atoms with Crippen LogP contribution < -0.4 is 5.32 Å². The maximum Gasteiger partial charge on any atom is 0.339 e. The van der Waals surface area contributed by atoms with Gasteiger partial charge in [-0.05, 0) is 73.0 Å². The lowest BCUT2D eigenvalue weighted by Crippen LogP contribution is -2.26. The van der Waals surface area contributed by atoms with Gasteiger partial charge in [0.05, 0.1) is 5.56 Å². The number of ether oxygens (including phenoxy) is 1. The van der Waals surface area contributed by atoms with Crippen LogP contribution in [0.2, 0.25) is 5.02 Å². The first-order valence-electron chi connectivity index (χ1n) is 11.5. The van der Waals surface area contributed by atoms with E-state index in [-0.39, 0.29) is 0 Å². The molecule has 4 aromatic carbocycles. The van der Waals surface area contributed by atoms with Crippen LogP contribution in [0.1, 0.15) is 38.7 Å². The van der Waals surface area contributed by atoms with Gasteiger partial charge in [-0.3, -0.25) is 4.79 Å². The molecule has 0 aromatic heterocycles. The highest BCUT2D eigenvalue weighted by Crippen LogP contribution is 2.26. The highest BCUT2D eigenvalue weighted by Gasteiger charge is 2.26. The number of thioether (sulfide) groups is 1. The number of halogens is 1. The SMILES string of the molecule is Cc1ccc(C)c(NC(=O)C(OC(=O)c2ccc(CSc3ccc(Cl)cc3)cc2)c2ccccc2)c1. The monoisotopic (exact) mass is 515 g/mol. The number of hydrogen-bond acceptors (Lipinski definition) is 4. The zero-order chi connectivity index (χ0) is 25.5. The minimum absolute atomic E-state index is 0.385. The molecule has 1 amide bonds. The van der Waals surface area contributed by atoms with Crippen LogP contribution in [0.5, 0.6) is 0 Å². The fourth-order valence-electron chi connectivity index (χ4n) is 3.58. The third-order valence-electron chi connectivity index (χ3n) is 5.63. The molecule has 1 N–H and O–H groups in total. The normalized spacial score (nSPS) is 11.5. The van der Waals surface area contributed by atoms with E-state index in [2.05, 4.69) is 5.32 Å². The van der Waals surface area contributed by atoms with Crippen LogP contribution in [0.15, 0.2) is 102 Å². The molecule has 4 aromatic rings. The molecule has 0 aliphatic heterocycles. The first kappa shape index (κ1) is 25.5. The number of aryl methyl sites for hydroxylation is 2. The lowest BCUT2D eigenvalue weighted by Gasteiger charge is -2.19. The Morgan fingerprint density at radius 3 is 2.28 bits per heavy atom. The zero-order valence-electron chi connectivity index (χ0n) is 20.0. The van der Waals surface area contributed by atoms with Crippen LogP contribution >= 0.6 is 23.4 Å². The summed E-state index contributed by atoms with van der Waals surface area (Å²) in [4.78, 5) is 27.4. The maximum absolute atomic E-state index is 13.2. The average molecular weight is 516 g/mol. The van der Waals surface area contributed by atoms with E-state index in [1.807, 2.05) is 86.6 Å². The standard InChI is InChI=1S/C30H26ClNO3S/c1-20-8-9-21(2)27(18-20)32-29(33)28(23-6-4-3-5-7-23)35-30(34)24-12-10-22(11-13-24)19-36-26-16-14-25(31)15-17-26/h3-18,28H,19H2,1-2H3,(H,32,33). The molecular formula is C30H26ClNO3S. The molecule has 0 spiro atoms. The summed E-state index contributed by atoms with van der Waals surface area (Å²) in [6.07, 6.45) is -1.08. The Kier molecular flexibility index (Phi) is 8.47. The molecule has 0 radical (unpaired) electrons. The molecule has 0 heterocycles. The Morgan fingerprint density at radius 1 is 0.889 bits per heavy atom. The smallest absolute Gasteiger partial charge is 0.339 e. The quantitative estimate of drug-likeness (QED) is 0.192. The summed E-state index contributed by atoms with van der Waals surface area (Å²) in [5, 5.41) is 3.63. The van der Waals surface area contributed by atoms with Gasteiger partial charge >= 0.3 is 5.97 Å². The predicted molar refractivity (Wildman–Crippen MR) is 147 cm³/mol. The van der Waals surface area contributed by atoms with Crippen molar-refractivity contribution >= 4 is 40.9 Å². The number of carbonyl (C=O) groups is 2. The lowest BCUT2D eigenvalue weighted by atomic mass is 10.1. The number of hydrogen-bond donors (Lipinski definition) is 1. The first-order valence-corrected chi connectivity index (χ1v) is 12.9. The van der Waals surface area contributed by atoms with Gasteiger partial charge in [0.1, 0.15) is 0 Å². The highest BCUT2D eigenvalue weighted by molar-refractivity contribution is 7.98. The van der Waals surface area contributed by atoms with Gasteiger partial charge in [0, 0.05) is 26.9 Å². The molecule has 4 rings (SSSR count). The second-order valence-corrected chi connectivity index (χ2v) is 9.93. The molecule has 1 unspecified atom stereocenters. The minimum Gasteiger partial charge on any atom is -0.444 e. The second-order valence-electron chi connectivity index (χ2n) is 8.44. The van der Waals surface area contributed by atoms with Crippen LogP contribution in [-0.2, 0) is 15.3 Å². The number of anilines is 1. The van der Waals surface area contributed by atoms with Gasteiger partial charge in [0.25, 0.3) is 5.91 Å². The average Bonchev–Trinajstić information content (AvgIpc) is 2.89. The lowest BCUT2D eigenvalue weighted by molar-refractivity contribution is -0.125. The van der Waals surface area contributed by atoms with Crippen LogP contribution in [0.4, 0.5) is 5.69 Å². The van der Waals surface area contributed by atoms with Gasteiger partial charge < -0.3 is 10.1 Å². The number of amides is 1. The molecule has 6 heteroatoms. The van der Waals surface area contributed by atoms with Crippen molar-refractivity contribution in [3.63, 3.8) is 0 Å². The Balaban J connectivity index is 1.46. The Morgan fingerprint density at radius 2 is 1.58 bits per heavy atom. The Hall–Kier alpha value is -3.54. The predicted octanol–water partition coefficient (Wildman–Crippen LogP) is 7.79. The minimum atomic E-state index is -1.08. The highest BCUT2D eigenvalue weighted by atomic mass is 35.5. The van der Waals surface area contributed by atoms with Crippen LogP contribution in [-0.4, -0.2) is 11.9 Å². The third-order valence-corrected chi connectivity index (χ3v) is 6.96. The van der Waals surface area contributed by atoms with Crippen molar-refractivity contribution in [3.8, 4) is 0 Å². The Bertz CT molecular complexity index is 1340. The van der Waals surface area contributed by atoms with Gasteiger partial charge in [-0.2, -0.15) is 0 Å². The van der Waals surface area contributed by atoms with Crippen LogP contribution in [0, 0.1) is 13.8 Å². The van der Waals surface area contributed by atoms with E-state index in [0.717, 1.165) is 27.3 Å². The third kappa shape index (κ3) is 6.78. The van der Waals surface area contributed by atoms with Gasteiger partial charge in [-0.15, -0.1) is 11.8 Å². The van der Waals surface area contributed by atoms with Gasteiger partial charge in [-0.25, -0.2) is 4.79 Å². The van der Waals surface area contributed by atoms with Gasteiger partial charge in [0.2, 0.25) is 6.10 Å². The largest absolute Gasteiger partial charge is 0.444 e. The van der Waals surface area contributed by atoms with Crippen molar-refractivity contribution in [2.24, 2.45) is 0 Å². The molecule has 0 bridgehead atoms. The Labute approximate surface area is 220 Å². The summed E-state index contributed by atoms with van der Waals surface area (Å²) in [7, 11) is 0. The van der Waals surface area contributed by atoms with E-state index in [9.17, 15) is 9.59 Å². The molecule has 182 valence electrons. The second kappa shape index (κ2) is 11.9. The van der Waals surface area contributed by atoms with Crippen molar-refractivity contribution in [3.05, 3.63) is 130 Å². The number of rotatable bonds is 8. The molecule has 4 nitrogen and oxygen atoms in total. The first-order chi connectivity index (χ1) is 17.4. The number of nitrogens with one attached hydrogen (secondary N) is 1. The van der Waals surface area contributed by atoms with Crippen molar-refractivity contribution < 1.29 is 14.3 Å². The molecule has 36 heavy (non-hydrogen) atoms.